The van der Waals surface area contributed by atoms with Crippen LogP contribution in [-0.2, 0) is 34.0 Å². The van der Waals surface area contributed by atoms with Gasteiger partial charge in [-0.15, -0.1) is 0 Å². The number of carbonyl (C=O) groups excluding carboxylic acids is 3. The van der Waals surface area contributed by atoms with Gasteiger partial charge < -0.3 is 30.2 Å². The predicted octanol–water partition coefficient (Wildman–Crippen LogP) is 11.2. The molecule has 0 radical (unpaired) electrons. The maximum Gasteiger partial charge on any atom is 0.333 e. The van der Waals surface area contributed by atoms with Crippen LogP contribution >= 0.6 is 0 Å². The average molecular weight is 1130 g/mol. The van der Waals surface area contributed by atoms with Crippen LogP contribution in [0.2, 0.25) is 0 Å². The number of aryl methyl sites for hydroxylation is 3. The van der Waals surface area contributed by atoms with Crippen molar-refractivity contribution in [2.75, 3.05) is 37.3 Å². The summed E-state index contributed by atoms with van der Waals surface area (Å²) < 4.78 is 19.7. The highest BCUT2D eigenvalue weighted by Crippen LogP contribution is 2.47. The molecule has 6 aromatic heterocycles. The Hall–Kier alpha value is -10.2. The highest BCUT2D eigenvalue weighted by atomic mass is 16.5. The van der Waals surface area contributed by atoms with Crippen molar-refractivity contribution < 1.29 is 28.6 Å². The van der Waals surface area contributed by atoms with Gasteiger partial charge in [0.25, 0.3) is 17.3 Å². The third kappa shape index (κ3) is 13.9. The second kappa shape index (κ2) is 27.5. The van der Waals surface area contributed by atoms with Crippen molar-refractivity contribution in [1.29, 1.82) is 0 Å². The summed E-state index contributed by atoms with van der Waals surface area (Å²) in [5.41, 5.74) is 8.55. The van der Waals surface area contributed by atoms with Gasteiger partial charge in [0.1, 0.15) is 36.4 Å². The number of nitrogens with one attached hydrogen (secondary N) is 3. The zero-order valence-corrected chi connectivity index (χ0v) is 49.0. The van der Waals surface area contributed by atoms with Crippen LogP contribution in [0.15, 0.2) is 159 Å². The van der Waals surface area contributed by atoms with E-state index in [1.54, 1.807) is 13.5 Å². The molecule has 6 heterocycles. The Kier molecular flexibility index (Phi) is 19.6. The minimum absolute atomic E-state index is 0.293. The van der Waals surface area contributed by atoms with E-state index in [2.05, 4.69) is 80.2 Å². The maximum absolute atomic E-state index is 12.5. The normalized spacial score (nSPS) is 12.9. The zero-order valence-electron chi connectivity index (χ0n) is 49.0. The number of ether oxygens (including phenoxy) is 3. The summed E-state index contributed by atoms with van der Waals surface area (Å²) in [6.45, 7) is 15.9. The zero-order chi connectivity index (χ0) is 59.9. The van der Waals surface area contributed by atoms with E-state index in [0.717, 1.165) is 55.7 Å². The van der Waals surface area contributed by atoms with Gasteiger partial charge in [0.15, 0.2) is 18.1 Å². The van der Waals surface area contributed by atoms with Crippen LogP contribution in [0.4, 0.5) is 17.5 Å². The first-order chi connectivity index (χ1) is 40.8. The number of methoxy groups -OCH3 is 3. The lowest BCUT2D eigenvalue weighted by Gasteiger charge is -2.19. The van der Waals surface area contributed by atoms with Crippen LogP contribution in [0.1, 0.15) is 105 Å². The highest BCUT2D eigenvalue weighted by molar-refractivity contribution is 5.87. The molecule has 0 saturated heterocycles. The highest BCUT2D eigenvalue weighted by Gasteiger charge is 2.39. The van der Waals surface area contributed by atoms with Crippen LogP contribution in [-0.4, -0.2) is 98.0 Å². The number of aromatic nitrogens is 12. The van der Waals surface area contributed by atoms with Gasteiger partial charge in [-0.25, -0.2) is 29.3 Å². The van der Waals surface area contributed by atoms with E-state index in [4.69, 9.17) is 14.2 Å². The smallest absolute Gasteiger partial charge is 0.333 e. The minimum atomic E-state index is -0.691. The van der Waals surface area contributed by atoms with E-state index in [1.807, 2.05) is 176 Å². The summed E-state index contributed by atoms with van der Waals surface area (Å²) in [7, 11) is 4.14. The molecular weight excluding hydrogens is 1060 g/mol. The molecule has 12 rings (SSSR count). The fourth-order valence-corrected chi connectivity index (χ4v) is 9.17. The number of benzene rings is 5. The summed E-state index contributed by atoms with van der Waals surface area (Å²) in [4.78, 5) is 62.7. The number of esters is 3. The first-order valence-electron chi connectivity index (χ1n) is 27.6. The molecule has 0 spiro atoms. The molecule has 1 aliphatic carbocycles. The molecule has 432 valence electrons. The summed E-state index contributed by atoms with van der Waals surface area (Å²) in [6.07, 6.45) is 6.72. The number of nitrogens with zero attached hydrogens (tertiary/aromatic N) is 12. The molecule has 0 aliphatic heterocycles. The molecule has 3 atom stereocenters. The van der Waals surface area contributed by atoms with Gasteiger partial charge in [-0.1, -0.05) is 150 Å². The van der Waals surface area contributed by atoms with Gasteiger partial charge in [-0.2, -0.15) is 43.8 Å². The van der Waals surface area contributed by atoms with Crippen molar-refractivity contribution in [2.45, 2.75) is 91.8 Å². The van der Waals surface area contributed by atoms with Crippen LogP contribution in [0.25, 0.3) is 39.2 Å². The Morgan fingerprint density at radius 3 is 1.21 bits per heavy atom. The van der Waals surface area contributed by atoms with Crippen LogP contribution in [0.3, 0.4) is 0 Å². The molecule has 3 N–H and O–H groups in total. The van der Waals surface area contributed by atoms with Crippen LogP contribution in [0, 0.1) is 20.8 Å². The van der Waals surface area contributed by atoms with E-state index in [9.17, 15) is 14.4 Å². The number of hydrogen-bond acceptors (Lipinski definition) is 18. The quantitative estimate of drug-likeness (QED) is 0.0677. The number of rotatable bonds is 14. The SMILES string of the molecule is CC.CC.COC(=O)C(Nc1cc(C)nc2ncnn12)c1ccc(-c2ccccc2)cc1.COC(=O)C(Nc1cc(C)nc2ncnn12)c1ccc(C2(C)CC2)cc1.COC(=O)C(Nc1cc(C)nc2ncnn12)c1ccc2ccccc2c1. The first-order valence-corrected chi connectivity index (χ1v) is 27.6. The molecule has 84 heavy (non-hydrogen) atoms. The van der Waals surface area contributed by atoms with Crippen molar-refractivity contribution in [3.63, 3.8) is 0 Å². The molecule has 1 aliphatic rings. The second-order valence-corrected chi connectivity index (χ2v) is 19.3. The molecule has 1 saturated carbocycles. The molecule has 1 fully saturated rings. The number of carbonyl (C=O) groups is 3. The van der Waals surface area contributed by atoms with E-state index < -0.39 is 24.1 Å². The van der Waals surface area contributed by atoms with Gasteiger partial charge in [0, 0.05) is 35.3 Å². The number of fused-ring (bicyclic) bond motifs is 4. The summed E-state index contributed by atoms with van der Waals surface area (Å²) in [5.74, 6) is 2.14. The predicted molar refractivity (Wildman–Crippen MR) is 323 cm³/mol. The summed E-state index contributed by atoms with van der Waals surface area (Å²) in [5, 5.41) is 24.4. The number of anilines is 3. The summed E-state index contributed by atoms with van der Waals surface area (Å²) >= 11 is 0. The fourth-order valence-electron chi connectivity index (χ4n) is 9.17. The van der Waals surface area contributed by atoms with E-state index >= 15 is 0 Å². The molecule has 5 aromatic carbocycles. The second-order valence-electron chi connectivity index (χ2n) is 19.3. The van der Waals surface area contributed by atoms with Crippen molar-refractivity contribution >= 4 is 63.5 Å². The van der Waals surface area contributed by atoms with E-state index in [-0.39, 0.29) is 11.9 Å². The summed E-state index contributed by atoms with van der Waals surface area (Å²) in [6, 6.07) is 43.4. The Morgan fingerprint density at radius 2 is 0.810 bits per heavy atom. The Labute approximate surface area is 486 Å². The number of hydrogen-bond donors (Lipinski definition) is 3. The van der Waals surface area contributed by atoms with E-state index in [0.29, 0.717) is 40.2 Å². The monoisotopic (exact) mass is 1130 g/mol. The van der Waals surface area contributed by atoms with Crippen LogP contribution in [0.5, 0.6) is 0 Å². The Balaban J connectivity index is 0.000000160. The van der Waals surface area contributed by atoms with Gasteiger partial charge in [-0.3, -0.25) is 0 Å². The first kappa shape index (κ1) is 59.9. The lowest BCUT2D eigenvalue weighted by Crippen LogP contribution is -2.24. The molecule has 3 unspecified atom stereocenters. The maximum atomic E-state index is 12.5. The van der Waals surface area contributed by atoms with Crippen LogP contribution < -0.4 is 16.0 Å². The third-order valence-electron chi connectivity index (χ3n) is 13.7. The molecule has 0 bridgehead atoms. The van der Waals surface area contributed by atoms with Crippen molar-refractivity contribution in [3.8, 4) is 11.1 Å². The average Bonchev–Trinajstić information content (AvgIpc) is 3.92. The van der Waals surface area contributed by atoms with Crippen molar-refractivity contribution in [1.82, 2.24) is 58.7 Å². The molecule has 21 nitrogen and oxygen atoms in total. The molecule has 11 aromatic rings. The minimum Gasteiger partial charge on any atom is -0.467 e. The largest absolute Gasteiger partial charge is 0.467 e. The molecular formula is C63H69N15O6. The molecule has 21 heteroatoms. The van der Waals surface area contributed by atoms with Gasteiger partial charge in [0.05, 0.1) is 21.3 Å². The van der Waals surface area contributed by atoms with Gasteiger partial charge in [-0.05, 0) is 89.2 Å². The van der Waals surface area contributed by atoms with Gasteiger partial charge >= 0.3 is 17.9 Å². The topological polar surface area (TPSA) is 244 Å². The van der Waals surface area contributed by atoms with Gasteiger partial charge in [0.2, 0.25) is 0 Å². The fraction of sp³-hybridized carbons (Fsp3) is 0.270. The molecule has 0 amide bonds. The third-order valence-corrected chi connectivity index (χ3v) is 13.7. The van der Waals surface area contributed by atoms with Crippen molar-refractivity contribution in [3.05, 3.63) is 198 Å². The van der Waals surface area contributed by atoms with E-state index in [1.165, 1.54) is 58.7 Å². The van der Waals surface area contributed by atoms with Crippen molar-refractivity contribution in [2.24, 2.45) is 0 Å². The Morgan fingerprint density at radius 1 is 0.452 bits per heavy atom. The standard InChI is InChI=1S/C21H19N5O2.C19H21N5O2.C19H17N5O2.2C2H6/c1-14-12-18(26-21(24-14)22-13-23-26)25-19(20(27)28-2)17-10-8-16(9-11-17)15-6-4-3-5-7-15;1-12-10-15(24-18(22-12)20-11-21-24)23-16(17(25)26-3)13-4-6-14(7-5-13)19(2)8-9-19;1-12-9-16(24-19(22-12)20-11-21-24)23-17(18(25)26-2)15-8-7-13-5-3-4-6-14(13)10-15;2*1-2/h3-13,19,25H,1-2H3;4-7,10-11,16,23H,8-9H2,1-3H3;3-11,17,23H,1-2H3;2*1-2H3. The Bertz CT molecular complexity index is 3990. The lowest BCUT2D eigenvalue weighted by atomic mass is 9.95. The lowest BCUT2D eigenvalue weighted by molar-refractivity contribution is -0.142.